The number of nitrogens with one attached hydrogen (secondary N) is 1. The molecule has 4 aromatic carbocycles. The van der Waals surface area contributed by atoms with Crippen LogP contribution >= 0.6 is 0 Å². The number of ether oxygens (including phenoxy) is 1. The van der Waals surface area contributed by atoms with Gasteiger partial charge in [0.25, 0.3) is 0 Å². The maximum absolute atomic E-state index is 14.0. The molecule has 0 aromatic heterocycles. The van der Waals surface area contributed by atoms with Gasteiger partial charge in [0.05, 0.1) is 6.10 Å². The van der Waals surface area contributed by atoms with Crippen LogP contribution in [0.25, 0.3) is 0 Å². The predicted octanol–water partition coefficient (Wildman–Crippen LogP) is 5.52. The molecule has 1 saturated heterocycles. The van der Waals surface area contributed by atoms with Crippen LogP contribution in [0.3, 0.4) is 0 Å². The van der Waals surface area contributed by atoms with Crippen molar-refractivity contribution in [1.82, 2.24) is 4.90 Å². The Bertz CT molecular complexity index is 1430. The number of halogens is 1. The molecule has 0 spiro atoms. The highest BCUT2D eigenvalue weighted by Crippen LogP contribution is 2.34. The first kappa shape index (κ1) is 26.1. The Kier molecular flexibility index (Phi) is 7.99. The molecule has 2 N–H and O–H groups in total. The van der Waals surface area contributed by atoms with Gasteiger partial charge in [0.15, 0.2) is 0 Å². The molecule has 39 heavy (non-hydrogen) atoms. The summed E-state index contributed by atoms with van der Waals surface area (Å²) in [5, 5.41) is 14.2. The molecule has 4 aromatic rings. The van der Waals surface area contributed by atoms with Crippen LogP contribution in [0.4, 0.5) is 14.9 Å². The second-order valence-corrected chi connectivity index (χ2v) is 9.60. The highest BCUT2D eigenvalue weighted by molar-refractivity contribution is 5.98. The van der Waals surface area contributed by atoms with Crippen LogP contribution in [-0.2, 0) is 22.6 Å². The average Bonchev–Trinajstić information content (AvgIpc) is 3.31. The van der Waals surface area contributed by atoms with Gasteiger partial charge in [-0.25, -0.2) is 9.18 Å². The molecule has 0 aliphatic carbocycles. The molecule has 7 heteroatoms. The van der Waals surface area contributed by atoms with E-state index in [0.29, 0.717) is 17.7 Å². The van der Waals surface area contributed by atoms with Crippen molar-refractivity contribution >= 4 is 17.7 Å². The number of benzene rings is 4. The lowest BCUT2D eigenvalue weighted by molar-refractivity contribution is -0.122. The van der Waals surface area contributed by atoms with Gasteiger partial charge in [0.1, 0.15) is 18.5 Å². The van der Waals surface area contributed by atoms with E-state index in [-0.39, 0.29) is 13.2 Å². The number of nitrogens with zero attached hydrogens (tertiary/aromatic N) is 1. The molecule has 0 saturated carbocycles. The lowest BCUT2D eigenvalue weighted by atomic mass is 9.93. The maximum atomic E-state index is 14.0. The summed E-state index contributed by atoms with van der Waals surface area (Å²) in [5.74, 6) is -1.67. The van der Waals surface area contributed by atoms with Crippen LogP contribution in [0, 0.1) is 5.82 Å². The van der Waals surface area contributed by atoms with Crippen molar-refractivity contribution in [3.63, 3.8) is 0 Å². The number of anilines is 1. The van der Waals surface area contributed by atoms with E-state index in [1.165, 1.54) is 17.0 Å². The second kappa shape index (κ2) is 11.9. The van der Waals surface area contributed by atoms with Crippen LogP contribution in [0.2, 0.25) is 0 Å². The molecule has 3 atom stereocenters. The zero-order valence-electron chi connectivity index (χ0n) is 21.2. The first-order valence-corrected chi connectivity index (χ1v) is 12.8. The Morgan fingerprint density at radius 1 is 0.872 bits per heavy atom. The number of para-hydroxylation sites is 1. The van der Waals surface area contributed by atoms with E-state index < -0.39 is 35.9 Å². The number of likely N-dealkylation sites (tertiary alicyclic amines) is 1. The summed E-state index contributed by atoms with van der Waals surface area (Å²) < 4.78 is 19.5. The van der Waals surface area contributed by atoms with Gasteiger partial charge in [-0.05, 0) is 46.9 Å². The van der Waals surface area contributed by atoms with Gasteiger partial charge >= 0.3 is 6.09 Å². The lowest BCUT2D eigenvalue weighted by Crippen LogP contribution is -2.48. The molecule has 5 rings (SSSR count). The maximum Gasteiger partial charge on any atom is 0.410 e. The first-order valence-electron chi connectivity index (χ1n) is 12.8. The third-order valence-electron chi connectivity index (χ3n) is 6.96. The van der Waals surface area contributed by atoms with Crippen LogP contribution in [0.5, 0.6) is 0 Å². The highest BCUT2D eigenvalue weighted by atomic mass is 19.1. The fourth-order valence-corrected chi connectivity index (χ4v) is 4.98. The summed E-state index contributed by atoms with van der Waals surface area (Å²) >= 11 is 0. The zero-order valence-corrected chi connectivity index (χ0v) is 21.2. The summed E-state index contributed by atoms with van der Waals surface area (Å²) in [5.41, 5.74) is 3.86. The Hall–Kier alpha value is -4.49. The van der Waals surface area contributed by atoms with E-state index in [1.54, 1.807) is 18.2 Å². The summed E-state index contributed by atoms with van der Waals surface area (Å²) in [4.78, 5) is 28.1. The fraction of sp³-hybridized carbons (Fsp3) is 0.188. The van der Waals surface area contributed by atoms with Crippen LogP contribution in [0.15, 0.2) is 109 Å². The highest BCUT2D eigenvalue weighted by Gasteiger charge is 2.48. The molecule has 0 radical (unpaired) electrons. The Balaban J connectivity index is 1.39. The van der Waals surface area contributed by atoms with Crippen molar-refractivity contribution in [2.75, 3.05) is 11.9 Å². The minimum Gasteiger partial charge on any atom is -0.445 e. The third kappa shape index (κ3) is 6.16. The second-order valence-electron chi connectivity index (χ2n) is 9.60. The van der Waals surface area contributed by atoms with Crippen molar-refractivity contribution in [1.29, 1.82) is 0 Å². The van der Waals surface area contributed by atoms with Gasteiger partial charge in [-0.15, -0.1) is 0 Å². The van der Waals surface area contributed by atoms with E-state index in [9.17, 15) is 19.1 Å². The molecule has 2 amide bonds. The molecule has 0 bridgehead atoms. The first-order chi connectivity index (χ1) is 19.0. The minimum atomic E-state index is -1.27. The van der Waals surface area contributed by atoms with Crippen LogP contribution in [0.1, 0.15) is 28.2 Å². The molecule has 198 valence electrons. The smallest absolute Gasteiger partial charge is 0.410 e. The summed E-state index contributed by atoms with van der Waals surface area (Å²) in [6.07, 6.45) is -1.40. The normalized spacial score (nSPS) is 18.5. The van der Waals surface area contributed by atoms with Gasteiger partial charge < -0.3 is 15.2 Å². The Morgan fingerprint density at radius 2 is 1.54 bits per heavy atom. The minimum absolute atomic E-state index is 0.00198. The molecule has 1 aliphatic rings. The lowest BCUT2D eigenvalue weighted by Gasteiger charge is -2.25. The monoisotopic (exact) mass is 524 g/mol. The van der Waals surface area contributed by atoms with E-state index in [1.807, 2.05) is 78.9 Å². The molecular formula is C32H29FN2O4. The molecule has 1 aliphatic heterocycles. The van der Waals surface area contributed by atoms with Crippen LogP contribution < -0.4 is 5.32 Å². The van der Waals surface area contributed by atoms with Crippen molar-refractivity contribution in [2.45, 2.75) is 31.1 Å². The Morgan fingerprint density at radius 3 is 2.26 bits per heavy atom. The number of carbonyl (C=O) groups is 2. The number of hydrogen-bond donors (Lipinski definition) is 2. The van der Waals surface area contributed by atoms with E-state index in [2.05, 4.69) is 5.32 Å². The topological polar surface area (TPSA) is 78.9 Å². The van der Waals surface area contributed by atoms with E-state index >= 15 is 0 Å². The zero-order chi connectivity index (χ0) is 27.2. The van der Waals surface area contributed by atoms with Gasteiger partial charge in [-0.3, -0.25) is 9.69 Å². The fourth-order valence-electron chi connectivity index (χ4n) is 4.98. The molecule has 0 unspecified atom stereocenters. The van der Waals surface area contributed by atoms with Gasteiger partial charge in [-0.1, -0.05) is 91.0 Å². The number of aliphatic hydroxyl groups is 1. The summed E-state index contributed by atoms with van der Waals surface area (Å²) in [6.45, 7) is 0.0210. The van der Waals surface area contributed by atoms with E-state index in [4.69, 9.17) is 4.74 Å². The third-order valence-corrected chi connectivity index (χ3v) is 6.96. The van der Waals surface area contributed by atoms with Gasteiger partial charge in [0, 0.05) is 18.2 Å². The number of rotatable bonds is 7. The largest absolute Gasteiger partial charge is 0.445 e. The van der Waals surface area contributed by atoms with E-state index in [0.717, 1.165) is 16.7 Å². The van der Waals surface area contributed by atoms with Crippen molar-refractivity contribution in [2.24, 2.45) is 0 Å². The molecular weight excluding hydrogens is 495 g/mol. The van der Waals surface area contributed by atoms with Crippen molar-refractivity contribution in [3.8, 4) is 0 Å². The Labute approximate surface area is 226 Å². The van der Waals surface area contributed by atoms with Crippen molar-refractivity contribution in [3.05, 3.63) is 137 Å². The quantitative estimate of drug-likeness (QED) is 0.334. The summed E-state index contributed by atoms with van der Waals surface area (Å²) in [6, 6.07) is 31.1. The van der Waals surface area contributed by atoms with Gasteiger partial charge in [-0.2, -0.15) is 0 Å². The number of aliphatic hydroxyl groups excluding tert-OH is 1. The van der Waals surface area contributed by atoms with Gasteiger partial charge in [0.2, 0.25) is 5.91 Å². The number of amides is 2. The number of carbonyl (C=O) groups excluding carboxylic acids is 2. The predicted molar refractivity (Wildman–Crippen MR) is 147 cm³/mol. The number of hydrogen-bond acceptors (Lipinski definition) is 4. The summed E-state index contributed by atoms with van der Waals surface area (Å²) in [7, 11) is 0. The molecule has 6 nitrogen and oxygen atoms in total. The SMILES string of the molecule is O=C(Nc1ccccc1Cc1ccccc1)[C@H]1[C@@H](O)[C@H](c2cccc(F)c2)CN1C(=O)OCc1ccccc1. The van der Waals surface area contributed by atoms with Crippen molar-refractivity contribution < 1.29 is 23.8 Å². The molecule has 1 fully saturated rings. The standard InChI is InChI=1S/C32H29FN2O4/c33-26-16-9-15-24(19-26)27-20-35(32(38)39-21-23-12-5-2-6-13-23)29(30(27)36)31(37)34-28-17-8-7-14-25(28)18-22-10-3-1-4-11-22/h1-17,19,27,29-30,36H,18,20-21H2,(H,34,37)/t27-,29+,30-/m0/s1. The average molecular weight is 525 g/mol. The molecule has 1 heterocycles. The van der Waals surface area contributed by atoms with Crippen LogP contribution in [-0.4, -0.2) is 40.7 Å².